The van der Waals surface area contributed by atoms with E-state index in [2.05, 4.69) is 22.2 Å². The molecule has 0 saturated carbocycles. The van der Waals surface area contributed by atoms with Gasteiger partial charge in [0.15, 0.2) is 0 Å². The minimum atomic E-state index is -0.116. The molecular weight excluding hydrogens is 312 g/mol. The van der Waals surface area contributed by atoms with Gasteiger partial charge in [-0.15, -0.1) is 0 Å². The SMILES string of the molecule is CN1CCC[C@H]1CCNC(=O)c1ncccc1-c1cccc(CN)c1. The summed E-state index contributed by atoms with van der Waals surface area (Å²) >= 11 is 0. The summed E-state index contributed by atoms with van der Waals surface area (Å²) in [7, 11) is 2.15. The first kappa shape index (κ1) is 17.6. The number of benzene rings is 1. The molecule has 1 aromatic heterocycles. The number of pyridine rings is 1. The van der Waals surface area contributed by atoms with Gasteiger partial charge in [0.25, 0.3) is 5.91 Å². The van der Waals surface area contributed by atoms with E-state index in [-0.39, 0.29) is 5.91 Å². The highest BCUT2D eigenvalue weighted by atomic mass is 16.1. The molecule has 1 saturated heterocycles. The van der Waals surface area contributed by atoms with E-state index in [4.69, 9.17) is 5.73 Å². The zero-order valence-corrected chi connectivity index (χ0v) is 14.7. The highest BCUT2D eigenvalue weighted by Crippen LogP contribution is 2.23. The van der Waals surface area contributed by atoms with E-state index in [0.29, 0.717) is 24.8 Å². The van der Waals surface area contributed by atoms with Crippen molar-refractivity contribution in [3.05, 3.63) is 53.9 Å². The van der Waals surface area contributed by atoms with Crippen LogP contribution < -0.4 is 11.1 Å². The molecule has 2 heterocycles. The molecule has 0 unspecified atom stereocenters. The summed E-state index contributed by atoms with van der Waals surface area (Å²) in [5, 5.41) is 3.03. The predicted molar refractivity (Wildman–Crippen MR) is 100 cm³/mol. The Labute approximate surface area is 149 Å². The first-order chi connectivity index (χ1) is 12.2. The number of carbonyl (C=O) groups is 1. The molecule has 1 amide bonds. The van der Waals surface area contributed by atoms with Crippen molar-refractivity contribution in [3.63, 3.8) is 0 Å². The Morgan fingerprint density at radius 1 is 1.36 bits per heavy atom. The number of hydrogen-bond acceptors (Lipinski definition) is 4. The van der Waals surface area contributed by atoms with Crippen LogP contribution in [0.1, 0.15) is 35.3 Å². The summed E-state index contributed by atoms with van der Waals surface area (Å²) in [6.07, 6.45) is 5.10. The lowest BCUT2D eigenvalue weighted by molar-refractivity contribution is 0.0946. The Morgan fingerprint density at radius 2 is 2.24 bits per heavy atom. The lowest BCUT2D eigenvalue weighted by atomic mass is 10.0. The second-order valence-electron chi connectivity index (χ2n) is 6.63. The minimum absolute atomic E-state index is 0.116. The molecule has 1 fully saturated rings. The van der Waals surface area contributed by atoms with E-state index in [1.54, 1.807) is 6.20 Å². The van der Waals surface area contributed by atoms with Gasteiger partial charge >= 0.3 is 0 Å². The van der Waals surface area contributed by atoms with Gasteiger partial charge in [-0.05, 0) is 56.1 Å². The van der Waals surface area contributed by atoms with Crippen molar-refractivity contribution >= 4 is 5.91 Å². The number of rotatable bonds is 6. The largest absolute Gasteiger partial charge is 0.351 e. The maximum atomic E-state index is 12.6. The molecule has 25 heavy (non-hydrogen) atoms. The normalized spacial score (nSPS) is 17.6. The summed E-state index contributed by atoms with van der Waals surface area (Å²) in [6, 6.07) is 12.3. The Hall–Kier alpha value is -2.24. The average Bonchev–Trinajstić information content (AvgIpc) is 3.06. The maximum Gasteiger partial charge on any atom is 0.270 e. The molecule has 5 nitrogen and oxygen atoms in total. The Balaban J connectivity index is 1.70. The number of nitrogens with one attached hydrogen (secondary N) is 1. The van der Waals surface area contributed by atoms with Gasteiger partial charge in [-0.1, -0.05) is 24.3 Å². The van der Waals surface area contributed by atoms with Gasteiger partial charge in [0.05, 0.1) is 0 Å². The van der Waals surface area contributed by atoms with Crippen molar-refractivity contribution < 1.29 is 4.79 Å². The summed E-state index contributed by atoms with van der Waals surface area (Å²) in [5.41, 5.74) is 9.05. The van der Waals surface area contributed by atoms with Crippen LogP contribution in [0.25, 0.3) is 11.1 Å². The van der Waals surface area contributed by atoms with Gasteiger partial charge in [0, 0.05) is 30.9 Å². The first-order valence-electron chi connectivity index (χ1n) is 8.92. The van der Waals surface area contributed by atoms with Crippen LogP contribution in [-0.4, -0.2) is 42.0 Å². The fraction of sp³-hybridized carbons (Fsp3) is 0.400. The molecule has 3 N–H and O–H groups in total. The van der Waals surface area contributed by atoms with Crippen molar-refractivity contribution in [2.75, 3.05) is 20.1 Å². The zero-order chi connectivity index (χ0) is 17.6. The smallest absolute Gasteiger partial charge is 0.270 e. The van der Waals surface area contributed by atoms with Crippen molar-refractivity contribution in [2.24, 2.45) is 5.73 Å². The van der Waals surface area contributed by atoms with Crippen LogP contribution in [0, 0.1) is 0 Å². The zero-order valence-electron chi connectivity index (χ0n) is 14.7. The second-order valence-corrected chi connectivity index (χ2v) is 6.63. The van der Waals surface area contributed by atoms with Gasteiger partial charge in [0.2, 0.25) is 0 Å². The molecule has 0 bridgehead atoms. The highest BCUT2D eigenvalue weighted by Gasteiger charge is 2.21. The van der Waals surface area contributed by atoms with E-state index in [1.807, 2.05) is 36.4 Å². The van der Waals surface area contributed by atoms with E-state index in [1.165, 1.54) is 12.8 Å². The van der Waals surface area contributed by atoms with Gasteiger partial charge in [-0.3, -0.25) is 9.78 Å². The van der Waals surface area contributed by atoms with Crippen LogP contribution >= 0.6 is 0 Å². The lowest BCUT2D eigenvalue weighted by Crippen LogP contribution is -2.32. The highest BCUT2D eigenvalue weighted by molar-refractivity contribution is 5.98. The molecule has 132 valence electrons. The Bertz CT molecular complexity index is 731. The van der Waals surface area contributed by atoms with Crippen LogP contribution in [-0.2, 0) is 6.54 Å². The Kier molecular flexibility index (Phi) is 5.79. The number of carbonyl (C=O) groups excluding carboxylic acids is 1. The third-order valence-corrected chi connectivity index (χ3v) is 4.93. The van der Waals surface area contributed by atoms with Crippen molar-refractivity contribution in [2.45, 2.75) is 31.8 Å². The minimum Gasteiger partial charge on any atom is -0.351 e. The summed E-state index contributed by atoms with van der Waals surface area (Å²) in [4.78, 5) is 19.3. The molecule has 0 spiro atoms. The van der Waals surface area contributed by atoms with Crippen molar-refractivity contribution in [1.82, 2.24) is 15.2 Å². The summed E-state index contributed by atoms with van der Waals surface area (Å²) in [6.45, 7) is 2.30. The molecule has 2 aromatic rings. The fourth-order valence-electron chi connectivity index (χ4n) is 3.47. The third-order valence-electron chi connectivity index (χ3n) is 4.93. The molecular formula is C20H26N4O. The number of nitrogens with zero attached hydrogens (tertiary/aromatic N) is 2. The van der Waals surface area contributed by atoms with Gasteiger partial charge in [0.1, 0.15) is 5.69 Å². The lowest BCUT2D eigenvalue weighted by Gasteiger charge is -2.19. The number of hydrogen-bond donors (Lipinski definition) is 2. The quantitative estimate of drug-likeness (QED) is 0.848. The van der Waals surface area contributed by atoms with Crippen LogP contribution in [0.4, 0.5) is 0 Å². The predicted octanol–water partition coefficient (Wildman–Crippen LogP) is 2.42. The molecule has 0 radical (unpaired) electrons. The number of amides is 1. The van der Waals surface area contributed by atoms with E-state index in [9.17, 15) is 4.79 Å². The van der Waals surface area contributed by atoms with Crippen LogP contribution in [0.3, 0.4) is 0 Å². The van der Waals surface area contributed by atoms with E-state index in [0.717, 1.165) is 29.7 Å². The van der Waals surface area contributed by atoms with Gasteiger partial charge in [-0.2, -0.15) is 0 Å². The monoisotopic (exact) mass is 338 g/mol. The molecule has 1 aliphatic rings. The molecule has 3 rings (SSSR count). The van der Waals surface area contributed by atoms with Crippen LogP contribution in [0.15, 0.2) is 42.6 Å². The molecule has 5 heteroatoms. The van der Waals surface area contributed by atoms with E-state index < -0.39 is 0 Å². The standard InChI is InChI=1S/C20H26N4O/c1-24-12-4-7-17(24)9-11-23-20(25)19-18(8-3-10-22-19)16-6-2-5-15(13-16)14-21/h2-3,5-6,8,10,13,17H,4,7,9,11-12,14,21H2,1H3,(H,23,25)/t17-/m0/s1. The number of likely N-dealkylation sites (tertiary alicyclic amines) is 1. The van der Waals surface area contributed by atoms with Crippen molar-refractivity contribution in [1.29, 1.82) is 0 Å². The second kappa shape index (κ2) is 8.23. The van der Waals surface area contributed by atoms with Gasteiger partial charge in [-0.25, -0.2) is 0 Å². The number of aromatic nitrogens is 1. The van der Waals surface area contributed by atoms with Crippen LogP contribution in [0.5, 0.6) is 0 Å². The number of nitrogens with two attached hydrogens (primary N) is 1. The average molecular weight is 338 g/mol. The Morgan fingerprint density at radius 3 is 3.00 bits per heavy atom. The topological polar surface area (TPSA) is 71.2 Å². The molecule has 0 aliphatic carbocycles. The van der Waals surface area contributed by atoms with Crippen LogP contribution in [0.2, 0.25) is 0 Å². The maximum absolute atomic E-state index is 12.6. The third kappa shape index (κ3) is 4.24. The molecule has 1 atom stereocenters. The first-order valence-corrected chi connectivity index (χ1v) is 8.92. The van der Waals surface area contributed by atoms with E-state index >= 15 is 0 Å². The summed E-state index contributed by atoms with van der Waals surface area (Å²) < 4.78 is 0. The van der Waals surface area contributed by atoms with Crippen molar-refractivity contribution in [3.8, 4) is 11.1 Å². The summed E-state index contributed by atoms with van der Waals surface area (Å²) in [5.74, 6) is -0.116. The molecule has 1 aliphatic heterocycles. The fourth-order valence-corrected chi connectivity index (χ4v) is 3.47. The molecule has 1 aromatic carbocycles. The van der Waals surface area contributed by atoms with Gasteiger partial charge < -0.3 is 16.0 Å².